The molecule has 138 valence electrons. The minimum absolute atomic E-state index is 0.0406. The Morgan fingerprint density at radius 1 is 1.27 bits per heavy atom. The fraction of sp³-hybridized carbons (Fsp3) is 0.550. The third-order valence-electron chi connectivity index (χ3n) is 5.65. The molecule has 1 atom stereocenters. The number of carbonyl (C=O) groups is 1. The molecule has 2 fully saturated rings. The van der Waals surface area contributed by atoms with E-state index in [1.54, 1.807) is 7.11 Å². The number of rotatable bonds is 6. The second-order valence-electron chi connectivity index (χ2n) is 7.48. The number of amides is 1. The molecule has 1 aromatic heterocycles. The number of hydrogen-bond acceptors (Lipinski definition) is 5. The van der Waals surface area contributed by atoms with Gasteiger partial charge in [0, 0.05) is 5.92 Å². The summed E-state index contributed by atoms with van der Waals surface area (Å²) in [5, 5.41) is 7.16. The van der Waals surface area contributed by atoms with E-state index in [9.17, 15) is 4.79 Å². The van der Waals surface area contributed by atoms with Crippen LogP contribution in [0.5, 0.6) is 5.75 Å². The van der Waals surface area contributed by atoms with Gasteiger partial charge in [-0.25, -0.2) is 0 Å². The third-order valence-corrected chi connectivity index (χ3v) is 5.65. The first kappa shape index (κ1) is 17.1. The molecule has 1 heterocycles. The Morgan fingerprint density at radius 2 is 1.96 bits per heavy atom. The van der Waals surface area contributed by atoms with E-state index in [4.69, 9.17) is 9.26 Å². The van der Waals surface area contributed by atoms with Crippen molar-refractivity contribution in [1.82, 2.24) is 15.5 Å². The van der Waals surface area contributed by atoms with Gasteiger partial charge in [-0.3, -0.25) is 4.79 Å². The van der Waals surface area contributed by atoms with Crippen molar-refractivity contribution in [3.05, 3.63) is 41.5 Å². The molecule has 6 nitrogen and oxygen atoms in total. The van der Waals surface area contributed by atoms with E-state index < -0.39 is 5.41 Å². The SMILES string of the molecule is COc1ccc(C2(C(=O)NC(C)c3nc(C4CC4)no3)CCCC2)cc1. The second-order valence-corrected chi connectivity index (χ2v) is 7.48. The summed E-state index contributed by atoms with van der Waals surface area (Å²) in [5.74, 6) is 2.54. The summed E-state index contributed by atoms with van der Waals surface area (Å²) in [7, 11) is 1.65. The molecule has 6 heteroatoms. The monoisotopic (exact) mass is 355 g/mol. The van der Waals surface area contributed by atoms with Crippen LogP contribution in [0.2, 0.25) is 0 Å². The molecule has 26 heavy (non-hydrogen) atoms. The Hall–Kier alpha value is -2.37. The molecule has 1 aromatic carbocycles. The van der Waals surface area contributed by atoms with Crippen LogP contribution in [-0.4, -0.2) is 23.2 Å². The molecule has 1 amide bonds. The molecule has 2 aromatic rings. The van der Waals surface area contributed by atoms with E-state index in [2.05, 4.69) is 15.5 Å². The maximum absolute atomic E-state index is 13.2. The molecule has 4 rings (SSSR count). The number of benzene rings is 1. The van der Waals surface area contributed by atoms with Crippen molar-refractivity contribution in [1.29, 1.82) is 0 Å². The van der Waals surface area contributed by atoms with Crippen LogP contribution in [0.25, 0.3) is 0 Å². The molecule has 0 saturated heterocycles. The molecule has 2 aliphatic rings. The van der Waals surface area contributed by atoms with Gasteiger partial charge in [0.25, 0.3) is 0 Å². The lowest BCUT2D eigenvalue weighted by atomic mass is 9.77. The van der Waals surface area contributed by atoms with Gasteiger partial charge in [-0.2, -0.15) is 4.98 Å². The van der Waals surface area contributed by atoms with Crippen molar-refractivity contribution < 1.29 is 14.1 Å². The molecule has 1 N–H and O–H groups in total. The van der Waals surface area contributed by atoms with Gasteiger partial charge in [0.1, 0.15) is 11.8 Å². The average molecular weight is 355 g/mol. The largest absolute Gasteiger partial charge is 0.497 e. The van der Waals surface area contributed by atoms with Gasteiger partial charge in [-0.05, 0) is 50.3 Å². The fourth-order valence-corrected chi connectivity index (χ4v) is 3.86. The molecule has 2 aliphatic carbocycles. The van der Waals surface area contributed by atoms with Gasteiger partial charge in [0.2, 0.25) is 11.8 Å². The molecule has 1 unspecified atom stereocenters. The average Bonchev–Trinajstić information content (AvgIpc) is 3.19. The first-order valence-corrected chi connectivity index (χ1v) is 9.41. The summed E-state index contributed by atoms with van der Waals surface area (Å²) < 4.78 is 10.6. The fourth-order valence-electron chi connectivity index (χ4n) is 3.86. The van der Waals surface area contributed by atoms with E-state index in [-0.39, 0.29) is 11.9 Å². The van der Waals surface area contributed by atoms with E-state index in [0.29, 0.717) is 11.8 Å². The predicted molar refractivity (Wildman–Crippen MR) is 96.0 cm³/mol. The molecular formula is C20H25N3O3. The van der Waals surface area contributed by atoms with Gasteiger partial charge >= 0.3 is 0 Å². The number of nitrogens with zero attached hydrogens (tertiary/aromatic N) is 2. The smallest absolute Gasteiger partial charge is 0.248 e. The lowest BCUT2D eigenvalue weighted by molar-refractivity contribution is -0.127. The minimum atomic E-state index is -0.486. The normalized spacial score (nSPS) is 19.9. The summed E-state index contributed by atoms with van der Waals surface area (Å²) in [4.78, 5) is 17.7. The summed E-state index contributed by atoms with van der Waals surface area (Å²) in [6.07, 6.45) is 6.07. The van der Waals surface area contributed by atoms with Crippen LogP contribution in [0.4, 0.5) is 0 Å². The van der Waals surface area contributed by atoms with Crippen LogP contribution in [0.1, 0.15) is 74.7 Å². The molecule has 0 aliphatic heterocycles. The van der Waals surface area contributed by atoms with Crippen LogP contribution < -0.4 is 10.1 Å². The summed E-state index contributed by atoms with van der Waals surface area (Å²) in [6.45, 7) is 1.90. The summed E-state index contributed by atoms with van der Waals surface area (Å²) in [6, 6.07) is 7.56. The second kappa shape index (κ2) is 6.74. The zero-order chi connectivity index (χ0) is 18.1. The van der Waals surface area contributed by atoms with Gasteiger partial charge < -0.3 is 14.6 Å². The van der Waals surface area contributed by atoms with Gasteiger partial charge in [0.15, 0.2) is 5.82 Å². The van der Waals surface area contributed by atoms with Crippen molar-refractivity contribution in [2.45, 2.75) is 62.8 Å². The van der Waals surface area contributed by atoms with Crippen LogP contribution in [0.3, 0.4) is 0 Å². The van der Waals surface area contributed by atoms with Crippen molar-refractivity contribution in [3.63, 3.8) is 0 Å². The number of methoxy groups -OCH3 is 1. The Labute approximate surface area is 153 Å². The molecular weight excluding hydrogens is 330 g/mol. The first-order chi connectivity index (χ1) is 12.6. The van der Waals surface area contributed by atoms with Gasteiger partial charge in [-0.1, -0.05) is 30.1 Å². The van der Waals surface area contributed by atoms with Crippen molar-refractivity contribution >= 4 is 5.91 Å². The van der Waals surface area contributed by atoms with Crippen LogP contribution in [0.15, 0.2) is 28.8 Å². The molecule has 0 spiro atoms. The van der Waals surface area contributed by atoms with Crippen LogP contribution >= 0.6 is 0 Å². The molecule has 2 saturated carbocycles. The Morgan fingerprint density at radius 3 is 2.58 bits per heavy atom. The lowest BCUT2D eigenvalue weighted by Gasteiger charge is -2.29. The number of hydrogen-bond donors (Lipinski definition) is 1. The van der Waals surface area contributed by atoms with Crippen LogP contribution in [-0.2, 0) is 10.2 Å². The van der Waals surface area contributed by atoms with Gasteiger partial charge in [0.05, 0.1) is 12.5 Å². The molecule has 0 bridgehead atoms. The van der Waals surface area contributed by atoms with Crippen molar-refractivity contribution in [2.75, 3.05) is 7.11 Å². The summed E-state index contributed by atoms with van der Waals surface area (Å²) in [5.41, 5.74) is 0.560. The maximum atomic E-state index is 13.2. The zero-order valence-corrected chi connectivity index (χ0v) is 15.3. The van der Waals surface area contributed by atoms with Gasteiger partial charge in [-0.15, -0.1) is 0 Å². The Bertz CT molecular complexity index is 774. The first-order valence-electron chi connectivity index (χ1n) is 9.41. The van der Waals surface area contributed by atoms with E-state index >= 15 is 0 Å². The molecule has 0 radical (unpaired) electrons. The van der Waals surface area contributed by atoms with E-state index in [1.807, 2.05) is 31.2 Å². The highest BCUT2D eigenvalue weighted by Gasteiger charge is 2.43. The van der Waals surface area contributed by atoms with Crippen molar-refractivity contribution in [2.24, 2.45) is 0 Å². The Kier molecular flexibility index (Phi) is 4.42. The third kappa shape index (κ3) is 3.08. The number of carbonyl (C=O) groups excluding carboxylic acids is 1. The Balaban J connectivity index is 1.52. The predicted octanol–water partition coefficient (Wildman–Crippen LogP) is 3.64. The van der Waals surface area contributed by atoms with Crippen LogP contribution in [0, 0.1) is 0 Å². The number of aromatic nitrogens is 2. The highest BCUT2D eigenvalue weighted by molar-refractivity contribution is 5.88. The standard InChI is InChI=1S/C20H25N3O3/c1-13(18-22-17(23-26-18)14-5-6-14)21-19(24)20(11-3-4-12-20)15-7-9-16(25-2)10-8-15/h7-10,13-14H,3-6,11-12H2,1-2H3,(H,21,24). The number of ether oxygens (including phenoxy) is 1. The maximum Gasteiger partial charge on any atom is 0.248 e. The summed E-state index contributed by atoms with van der Waals surface area (Å²) >= 11 is 0. The number of nitrogens with one attached hydrogen (secondary N) is 1. The van der Waals surface area contributed by atoms with E-state index in [1.165, 1.54) is 0 Å². The highest BCUT2D eigenvalue weighted by Crippen LogP contribution is 2.42. The zero-order valence-electron chi connectivity index (χ0n) is 15.3. The highest BCUT2D eigenvalue weighted by atomic mass is 16.5. The minimum Gasteiger partial charge on any atom is -0.497 e. The van der Waals surface area contributed by atoms with Crippen molar-refractivity contribution in [3.8, 4) is 5.75 Å². The lowest BCUT2D eigenvalue weighted by Crippen LogP contribution is -2.43. The quantitative estimate of drug-likeness (QED) is 0.856. The topological polar surface area (TPSA) is 77.2 Å². The van der Waals surface area contributed by atoms with E-state index in [0.717, 1.165) is 55.7 Å².